The van der Waals surface area contributed by atoms with E-state index in [0.717, 1.165) is 12.1 Å². The fourth-order valence-electron chi connectivity index (χ4n) is 2.19. The third kappa shape index (κ3) is 3.02. The van der Waals surface area contributed by atoms with Gasteiger partial charge < -0.3 is 19.5 Å². The third-order valence-corrected chi connectivity index (χ3v) is 3.12. The van der Waals surface area contributed by atoms with Gasteiger partial charge in [-0.3, -0.25) is 0 Å². The minimum atomic E-state index is -0.662. The highest BCUT2D eigenvalue weighted by Crippen LogP contribution is 2.29. The summed E-state index contributed by atoms with van der Waals surface area (Å²) < 4.78 is 43.7. The van der Waals surface area contributed by atoms with Gasteiger partial charge in [-0.25, -0.2) is 8.78 Å². The highest BCUT2D eigenvalue weighted by Gasteiger charge is 2.30. The lowest BCUT2D eigenvalue weighted by molar-refractivity contribution is -0.102. The van der Waals surface area contributed by atoms with E-state index in [-0.39, 0.29) is 11.3 Å². The molecule has 1 heterocycles. The fourth-order valence-corrected chi connectivity index (χ4v) is 2.19. The number of methoxy groups -OCH3 is 1. The van der Waals surface area contributed by atoms with Crippen LogP contribution >= 0.6 is 0 Å². The summed E-state index contributed by atoms with van der Waals surface area (Å²) in [5.74, 6) is -1.18. The van der Waals surface area contributed by atoms with Crippen LogP contribution in [0.25, 0.3) is 0 Å². The summed E-state index contributed by atoms with van der Waals surface area (Å²) in [6, 6.07) is 1.71. The monoisotopic (exact) mass is 273 g/mol. The van der Waals surface area contributed by atoms with E-state index >= 15 is 0 Å². The van der Waals surface area contributed by atoms with E-state index in [9.17, 15) is 8.78 Å². The molecule has 2 atom stereocenters. The second-order valence-corrected chi connectivity index (χ2v) is 4.26. The van der Waals surface area contributed by atoms with Crippen molar-refractivity contribution in [3.05, 3.63) is 29.3 Å². The molecule has 1 aliphatic heterocycles. The van der Waals surface area contributed by atoms with Crippen LogP contribution in [0, 0.1) is 11.6 Å². The van der Waals surface area contributed by atoms with Crippen molar-refractivity contribution in [1.29, 1.82) is 0 Å². The van der Waals surface area contributed by atoms with Gasteiger partial charge in [-0.1, -0.05) is 0 Å². The van der Waals surface area contributed by atoms with Gasteiger partial charge in [0.1, 0.15) is 23.5 Å². The molecule has 0 bridgehead atoms. The molecule has 1 aromatic rings. The molecule has 1 aromatic carbocycles. The third-order valence-electron chi connectivity index (χ3n) is 3.12. The second kappa shape index (κ2) is 6.27. The zero-order chi connectivity index (χ0) is 13.8. The number of rotatable bonds is 4. The molecule has 1 fully saturated rings. The van der Waals surface area contributed by atoms with Crippen LogP contribution in [0.15, 0.2) is 12.1 Å². The average Bonchev–Trinajstić information content (AvgIpc) is 2.43. The summed E-state index contributed by atoms with van der Waals surface area (Å²) in [6.45, 7) is 1.22. The molecular weight excluding hydrogens is 256 g/mol. The number of halogens is 2. The van der Waals surface area contributed by atoms with E-state index in [4.69, 9.17) is 14.2 Å². The van der Waals surface area contributed by atoms with Crippen LogP contribution in [-0.2, 0) is 9.47 Å². The van der Waals surface area contributed by atoms with E-state index in [1.165, 1.54) is 7.11 Å². The average molecular weight is 273 g/mol. The number of ether oxygens (including phenoxy) is 3. The van der Waals surface area contributed by atoms with Crippen LogP contribution in [0.3, 0.4) is 0 Å². The molecule has 2 unspecified atom stereocenters. The predicted octanol–water partition coefficient (Wildman–Crippen LogP) is 1.65. The summed E-state index contributed by atoms with van der Waals surface area (Å²) in [6.07, 6.45) is -0.420. The van der Waals surface area contributed by atoms with E-state index in [0.29, 0.717) is 19.8 Å². The zero-order valence-corrected chi connectivity index (χ0v) is 10.9. The largest absolute Gasteiger partial charge is 0.497 e. The molecule has 1 aliphatic rings. The Balaban J connectivity index is 2.31. The minimum absolute atomic E-state index is 0.0567. The predicted molar refractivity (Wildman–Crippen MR) is 65.3 cm³/mol. The van der Waals surface area contributed by atoms with Crippen LogP contribution in [0.5, 0.6) is 5.75 Å². The molecule has 0 spiro atoms. The van der Waals surface area contributed by atoms with Gasteiger partial charge in [-0.05, 0) is 7.05 Å². The standard InChI is InChI=1S/C13H17F2NO3/c1-16-13(11-7-18-3-4-19-11)12-9(14)5-8(17-2)6-10(12)15/h5-6,11,13,16H,3-4,7H2,1-2H3. The normalized spacial score (nSPS) is 21.2. The second-order valence-electron chi connectivity index (χ2n) is 4.26. The Morgan fingerprint density at radius 2 is 2.00 bits per heavy atom. The van der Waals surface area contributed by atoms with Crippen molar-refractivity contribution in [2.75, 3.05) is 34.0 Å². The molecule has 0 saturated carbocycles. The maximum atomic E-state index is 14.0. The molecule has 1 N–H and O–H groups in total. The van der Waals surface area contributed by atoms with Crippen LogP contribution in [-0.4, -0.2) is 40.1 Å². The lowest BCUT2D eigenvalue weighted by Gasteiger charge is -2.31. The lowest BCUT2D eigenvalue weighted by atomic mass is 10.00. The van der Waals surface area contributed by atoms with Crippen molar-refractivity contribution in [2.45, 2.75) is 12.1 Å². The van der Waals surface area contributed by atoms with Crippen LogP contribution < -0.4 is 10.1 Å². The first-order chi connectivity index (χ1) is 9.17. The van der Waals surface area contributed by atoms with Gasteiger partial charge in [0.25, 0.3) is 0 Å². The summed E-state index contributed by atoms with van der Waals surface area (Å²) in [7, 11) is 2.99. The topological polar surface area (TPSA) is 39.7 Å². The van der Waals surface area contributed by atoms with E-state index in [1.54, 1.807) is 7.05 Å². The molecule has 6 heteroatoms. The Labute approximate surface area is 110 Å². The molecule has 0 radical (unpaired) electrons. The number of benzene rings is 1. The summed E-state index contributed by atoms with van der Waals surface area (Å²) >= 11 is 0. The van der Waals surface area contributed by atoms with Gasteiger partial charge in [0.05, 0.1) is 33.0 Å². The maximum Gasteiger partial charge on any atom is 0.134 e. The van der Waals surface area contributed by atoms with E-state index in [2.05, 4.69) is 5.32 Å². The summed E-state index contributed by atoms with van der Waals surface area (Å²) in [4.78, 5) is 0. The van der Waals surface area contributed by atoms with Gasteiger partial charge in [0.15, 0.2) is 0 Å². The first-order valence-electron chi connectivity index (χ1n) is 6.07. The molecule has 0 amide bonds. The van der Waals surface area contributed by atoms with Crippen molar-refractivity contribution < 1.29 is 23.0 Å². The SMILES string of the molecule is CNC(c1c(F)cc(OC)cc1F)C1COCCO1. The van der Waals surface area contributed by atoms with Gasteiger partial charge in [-0.2, -0.15) is 0 Å². The van der Waals surface area contributed by atoms with Crippen LogP contribution in [0.2, 0.25) is 0 Å². The first kappa shape index (κ1) is 14.2. The molecular formula is C13H17F2NO3. The molecule has 4 nitrogen and oxygen atoms in total. The van der Waals surface area contributed by atoms with Gasteiger partial charge >= 0.3 is 0 Å². The summed E-state index contributed by atoms with van der Waals surface area (Å²) in [5, 5.41) is 2.88. The Bertz CT molecular complexity index is 413. The Morgan fingerprint density at radius 1 is 1.32 bits per heavy atom. The van der Waals surface area contributed by atoms with Crippen molar-refractivity contribution in [1.82, 2.24) is 5.32 Å². The smallest absolute Gasteiger partial charge is 0.134 e. The number of nitrogens with one attached hydrogen (secondary N) is 1. The molecule has 1 saturated heterocycles. The highest BCUT2D eigenvalue weighted by molar-refractivity contribution is 5.33. The maximum absolute atomic E-state index is 14.0. The quantitative estimate of drug-likeness (QED) is 0.905. The Morgan fingerprint density at radius 3 is 2.47 bits per heavy atom. The summed E-state index contributed by atoms with van der Waals surface area (Å²) in [5.41, 5.74) is -0.0567. The van der Waals surface area contributed by atoms with Gasteiger partial charge in [-0.15, -0.1) is 0 Å². The molecule has 19 heavy (non-hydrogen) atoms. The van der Waals surface area contributed by atoms with E-state index < -0.39 is 23.8 Å². The van der Waals surface area contributed by atoms with Gasteiger partial charge in [0, 0.05) is 17.7 Å². The molecule has 0 aliphatic carbocycles. The van der Waals surface area contributed by atoms with Crippen molar-refractivity contribution in [3.63, 3.8) is 0 Å². The Hall–Kier alpha value is -1.24. The molecule has 106 valence electrons. The number of hydrogen-bond acceptors (Lipinski definition) is 4. The fraction of sp³-hybridized carbons (Fsp3) is 0.538. The van der Waals surface area contributed by atoms with Crippen molar-refractivity contribution in [2.24, 2.45) is 0 Å². The van der Waals surface area contributed by atoms with Crippen molar-refractivity contribution in [3.8, 4) is 5.75 Å². The zero-order valence-electron chi connectivity index (χ0n) is 10.9. The van der Waals surface area contributed by atoms with E-state index in [1.807, 2.05) is 0 Å². The first-order valence-corrected chi connectivity index (χ1v) is 6.07. The molecule has 2 rings (SSSR count). The van der Waals surface area contributed by atoms with Crippen LogP contribution in [0.1, 0.15) is 11.6 Å². The minimum Gasteiger partial charge on any atom is -0.497 e. The van der Waals surface area contributed by atoms with Crippen LogP contribution in [0.4, 0.5) is 8.78 Å². The molecule has 0 aromatic heterocycles. The van der Waals surface area contributed by atoms with Crippen molar-refractivity contribution >= 4 is 0 Å². The van der Waals surface area contributed by atoms with Gasteiger partial charge in [0.2, 0.25) is 0 Å². The highest BCUT2D eigenvalue weighted by atomic mass is 19.1. The Kier molecular flexibility index (Phi) is 4.68. The number of hydrogen-bond donors (Lipinski definition) is 1. The lowest BCUT2D eigenvalue weighted by Crippen LogP contribution is -2.40. The number of likely N-dealkylation sites (N-methyl/N-ethyl adjacent to an activating group) is 1.